The second-order valence-corrected chi connectivity index (χ2v) is 17.8. The Kier molecular flexibility index (Phi) is 15.9. The number of ether oxygens (including phenoxy) is 1. The summed E-state index contributed by atoms with van der Waals surface area (Å²) in [6.07, 6.45) is 1.48. The predicted octanol–water partition coefficient (Wildman–Crippen LogP) is 3.17. The molecule has 15 heteroatoms. The Morgan fingerprint density at radius 1 is 0.780 bits per heavy atom. The molecule has 3 heterocycles. The summed E-state index contributed by atoms with van der Waals surface area (Å²) < 4.78 is 5.87. The van der Waals surface area contributed by atoms with E-state index in [-0.39, 0.29) is 55.4 Å². The van der Waals surface area contributed by atoms with Gasteiger partial charge in [0.05, 0.1) is 6.04 Å². The fourth-order valence-electron chi connectivity index (χ4n) is 8.75. The van der Waals surface area contributed by atoms with Gasteiger partial charge in [-0.15, -0.1) is 0 Å². The molecule has 4 rings (SSSR count). The predicted molar refractivity (Wildman–Crippen MR) is 221 cm³/mol. The van der Waals surface area contributed by atoms with Crippen LogP contribution < -0.4 is 5.32 Å². The second-order valence-electron chi connectivity index (χ2n) is 17.8. The van der Waals surface area contributed by atoms with E-state index in [9.17, 15) is 38.7 Å². The van der Waals surface area contributed by atoms with Crippen LogP contribution in [0.15, 0.2) is 42.2 Å². The molecule has 2 N–H and O–H groups in total. The highest BCUT2D eigenvalue weighted by Crippen LogP contribution is 2.30. The molecule has 59 heavy (non-hydrogen) atoms. The van der Waals surface area contributed by atoms with Gasteiger partial charge < -0.3 is 29.9 Å². The van der Waals surface area contributed by atoms with Crippen LogP contribution in [0.5, 0.6) is 0 Å². The van der Waals surface area contributed by atoms with Crippen molar-refractivity contribution in [3.8, 4) is 0 Å². The van der Waals surface area contributed by atoms with Gasteiger partial charge in [0.1, 0.15) is 36.0 Å². The fourth-order valence-corrected chi connectivity index (χ4v) is 8.75. The van der Waals surface area contributed by atoms with Crippen LogP contribution in [0, 0.1) is 23.7 Å². The highest BCUT2D eigenvalue weighted by Gasteiger charge is 2.48. The zero-order chi connectivity index (χ0) is 44.0. The van der Waals surface area contributed by atoms with Gasteiger partial charge in [0, 0.05) is 32.6 Å². The average molecular weight is 823 g/mol. The topological polar surface area (TPSA) is 177 Å². The zero-order valence-electron chi connectivity index (χ0n) is 36.7. The lowest BCUT2D eigenvalue weighted by Crippen LogP contribution is -2.61. The van der Waals surface area contributed by atoms with Crippen LogP contribution in [0.4, 0.5) is 0 Å². The first-order valence-electron chi connectivity index (χ1n) is 21.1. The third-order valence-electron chi connectivity index (χ3n) is 11.7. The van der Waals surface area contributed by atoms with E-state index in [1.165, 1.54) is 14.7 Å². The molecule has 0 aromatic heterocycles. The van der Waals surface area contributed by atoms with E-state index in [1.807, 2.05) is 90.9 Å². The number of likely N-dealkylation sites (N-methyl/N-ethyl adjacent to an activating group) is 2. The van der Waals surface area contributed by atoms with E-state index in [2.05, 4.69) is 5.32 Å². The number of hydrogen-bond acceptors (Lipinski definition) is 10. The third-order valence-corrected chi connectivity index (χ3v) is 11.7. The molecule has 0 radical (unpaired) electrons. The van der Waals surface area contributed by atoms with Crippen molar-refractivity contribution in [1.82, 2.24) is 29.8 Å². The number of carbonyl (C=O) groups is 7. The molecule has 0 saturated carbocycles. The van der Waals surface area contributed by atoms with E-state index in [0.29, 0.717) is 19.3 Å². The van der Waals surface area contributed by atoms with Gasteiger partial charge in [-0.25, -0.2) is 4.79 Å². The normalized spacial score (nSPS) is 21.6. The van der Waals surface area contributed by atoms with Gasteiger partial charge in [0.2, 0.25) is 23.6 Å². The molecule has 1 aromatic carbocycles. The number of hydrogen-bond donors (Lipinski definition) is 2. The van der Waals surface area contributed by atoms with Crippen molar-refractivity contribution in [2.45, 2.75) is 130 Å². The Bertz CT molecular complexity index is 1740. The number of likely N-dealkylation sites (tertiary alicyclic amines) is 2. The van der Waals surface area contributed by atoms with E-state index in [1.54, 1.807) is 20.9 Å². The lowest BCUT2D eigenvalue weighted by Gasteiger charge is -2.39. The third kappa shape index (κ3) is 10.5. The first-order valence-corrected chi connectivity index (χ1v) is 21.1. The largest absolute Gasteiger partial charge is 0.510 e. The van der Waals surface area contributed by atoms with Crippen molar-refractivity contribution in [1.29, 1.82) is 0 Å². The second kappa shape index (κ2) is 20.0. The summed E-state index contributed by atoms with van der Waals surface area (Å²) >= 11 is 0. The monoisotopic (exact) mass is 822 g/mol. The number of imide groups is 1. The molecule has 2 fully saturated rings. The summed E-state index contributed by atoms with van der Waals surface area (Å²) in [5.41, 5.74) is 0.796. The van der Waals surface area contributed by atoms with Gasteiger partial charge in [-0.3, -0.25) is 38.6 Å². The summed E-state index contributed by atoms with van der Waals surface area (Å²) in [7, 11) is 5.18. The first-order chi connectivity index (χ1) is 27.7. The van der Waals surface area contributed by atoms with Crippen molar-refractivity contribution in [3.63, 3.8) is 0 Å². The molecule has 0 unspecified atom stereocenters. The lowest BCUT2D eigenvalue weighted by atomic mass is 9.96. The minimum atomic E-state index is -1.37. The maximum atomic E-state index is 14.5. The summed E-state index contributed by atoms with van der Waals surface area (Å²) in [6, 6.07) is 3.95. The van der Waals surface area contributed by atoms with Gasteiger partial charge >= 0.3 is 5.97 Å². The van der Waals surface area contributed by atoms with Crippen LogP contribution in [0.25, 0.3) is 0 Å². The van der Waals surface area contributed by atoms with Gasteiger partial charge in [-0.05, 0) is 69.0 Å². The van der Waals surface area contributed by atoms with E-state index in [4.69, 9.17) is 4.74 Å². The van der Waals surface area contributed by atoms with E-state index in [0.717, 1.165) is 16.5 Å². The number of benzene rings is 1. The van der Waals surface area contributed by atoms with Gasteiger partial charge in [0.15, 0.2) is 6.10 Å². The molecule has 1 aromatic rings. The van der Waals surface area contributed by atoms with Gasteiger partial charge in [-0.1, -0.05) is 85.7 Å². The summed E-state index contributed by atoms with van der Waals surface area (Å²) in [4.78, 5) is 104. The molecule has 6 amide bonds. The Hall–Kier alpha value is -4.79. The summed E-state index contributed by atoms with van der Waals surface area (Å²) in [5.74, 6) is -5.19. The zero-order valence-corrected chi connectivity index (χ0v) is 36.7. The molecular weight excluding hydrogens is 757 g/mol. The van der Waals surface area contributed by atoms with Crippen molar-refractivity contribution < 1.29 is 43.4 Å². The molecule has 3 aliphatic heterocycles. The first kappa shape index (κ1) is 46.9. The van der Waals surface area contributed by atoms with Crippen LogP contribution >= 0.6 is 0 Å². The summed E-state index contributed by atoms with van der Waals surface area (Å²) in [5, 5.41) is 13.6. The number of esters is 1. The molecule has 3 aliphatic rings. The minimum absolute atomic E-state index is 0.0112. The smallest absolute Gasteiger partial charge is 0.329 e. The molecule has 0 bridgehead atoms. The minimum Gasteiger partial charge on any atom is -0.510 e. The number of aliphatic hydroxyl groups excluding tert-OH is 1. The average Bonchev–Trinajstić information content (AvgIpc) is 3.91. The number of aliphatic hydroxyl groups is 1. The number of nitrogens with one attached hydrogen (secondary N) is 1. The Morgan fingerprint density at radius 3 is 1.90 bits per heavy atom. The SMILES string of the molecule is CC(C)[C@H](NC(=O)[C@H](C(C)C)N(C)C)C(=O)N(C)[C@H](C(=O)N1CCC[C@H]1C(=O)N1CCC[C@H]1C(=O)O[C@H](C(=O)N1C(=O)C=C(O)[C@@H]1Cc1ccccc1)C(C)C)C(C)C. The quantitative estimate of drug-likeness (QED) is 0.236. The molecule has 0 aliphatic carbocycles. The van der Waals surface area contributed by atoms with Crippen LogP contribution in [0.2, 0.25) is 0 Å². The van der Waals surface area contributed by atoms with Gasteiger partial charge in [-0.2, -0.15) is 0 Å². The van der Waals surface area contributed by atoms with E-state index < -0.39 is 83.8 Å². The Morgan fingerprint density at radius 2 is 1.36 bits per heavy atom. The Labute approximate surface area is 349 Å². The van der Waals surface area contributed by atoms with Crippen molar-refractivity contribution in [2.24, 2.45) is 23.7 Å². The molecular formula is C44H66N6O9. The highest BCUT2D eigenvalue weighted by atomic mass is 16.6. The maximum Gasteiger partial charge on any atom is 0.329 e. The Balaban J connectivity index is 1.49. The number of rotatable bonds is 16. The molecule has 0 spiro atoms. The number of amides is 6. The molecule has 326 valence electrons. The summed E-state index contributed by atoms with van der Waals surface area (Å²) in [6.45, 7) is 15.1. The highest BCUT2D eigenvalue weighted by molar-refractivity contribution is 6.06. The fraction of sp³-hybridized carbons (Fsp3) is 0.659. The standard InChI is InChI=1S/C44H66N6O9/c1-25(2)35(45-39(53)36(26(3)4)46(9)10)41(55)47(11)37(27(5)6)42(56)48-21-15-19-30(48)40(54)49-22-16-20-31(49)44(58)59-38(28(7)8)43(57)50-32(33(51)24-34(50)52)23-29-17-13-12-14-18-29/h12-14,17-18,24-28,30-32,35-38,51H,15-16,19-23H2,1-11H3,(H,45,53)/t30-,31-,32-,35-,36-,37-,38-/m0/s1. The molecule has 2 saturated heterocycles. The van der Waals surface area contributed by atoms with Gasteiger partial charge in [0.25, 0.3) is 11.8 Å². The lowest BCUT2D eigenvalue weighted by molar-refractivity contribution is -0.170. The molecule has 15 nitrogen and oxygen atoms in total. The van der Waals surface area contributed by atoms with Crippen LogP contribution in [0.3, 0.4) is 0 Å². The van der Waals surface area contributed by atoms with Crippen LogP contribution in [-0.4, -0.2) is 148 Å². The van der Waals surface area contributed by atoms with E-state index >= 15 is 0 Å². The molecule has 7 atom stereocenters. The van der Waals surface area contributed by atoms with Crippen LogP contribution in [-0.2, 0) is 44.7 Å². The number of nitrogens with zero attached hydrogens (tertiary/aromatic N) is 5. The van der Waals surface area contributed by atoms with Crippen LogP contribution in [0.1, 0.15) is 86.6 Å². The number of carbonyl (C=O) groups excluding carboxylic acids is 7. The van der Waals surface area contributed by atoms with Crippen molar-refractivity contribution in [2.75, 3.05) is 34.2 Å². The maximum absolute atomic E-state index is 14.5. The van der Waals surface area contributed by atoms with Crippen molar-refractivity contribution >= 4 is 41.4 Å². The van der Waals surface area contributed by atoms with Crippen molar-refractivity contribution in [3.05, 3.63) is 47.7 Å².